The Morgan fingerprint density at radius 2 is 1.80 bits per heavy atom. The van der Waals surface area contributed by atoms with Gasteiger partial charge < -0.3 is 9.47 Å². The van der Waals surface area contributed by atoms with Crippen molar-refractivity contribution < 1.29 is 32.2 Å². The fourth-order valence-electron chi connectivity index (χ4n) is 1.86. The third kappa shape index (κ3) is 4.93. The fourth-order valence-corrected chi connectivity index (χ4v) is 1.86. The zero-order chi connectivity index (χ0) is 18.4. The van der Waals surface area contributed by atoms with Gasteiger partial charge in [0, 0.05) is 0 Å². The summed E-state index contributed by atoms with van der Waals surface area (Å²) in [4.78, 5) is 26.3. The zero-order valence-corrected chi connectivity index (χ0v) is 13.0. The molecule has 0 aliphatic rings. The van der Waals surface area contributed by atoms with E-state index in [0.29, 0.717) is 5.56 Å². The van der Waals surface area contributed by atoms with Crippen molar-refractivity contribution in [3.8, 4) is 0 Å². The predicted octanol–water partition coefficient (Wildman–Crippen LogP) is 3.64. The second kappa shape index (κ2) is 7.65. The van der Waals surface area contributed by atoms with E-state index in [1.54, 1.807) is 30.3 Å². The number of aromatic nitrogens is 1. The Labute approximate surface area is 140 Å². The molecule has 25 heavy (non-hydrogen) atoms. The van der Waals surface area contributed by atoms with Crippen LogP contribution in [0.25, 0.3) is 0 Å². The van der Waals surface area contributed by atoms with Gasteiger partial charge in [-0.05, 0) is 17.7 Å². The van der Waals surface area contributed by atoms with Gasteiger partial charge in [-0.1, -0.05) is 30.3 Å². The second-order valence-electron chi connectivity index (χ2n) is 4.77. The summed E-state index contributed by atoms with van der Waals surface area (Å²) in [6, 6.07) is 10.5. The van der Waals surface area contributed by atoms with E-state index in [-0.39, 0.29) is 6.61 Å². The number of anilines is 1. The molecule has 0 fully saturated rings. The number of rotatable bonds is 4. The van der Waals surface area contributed by atoms with E-state index >= 15 is 0 Å². The summed E-state index contributed by atoms with van der Waals surface area (Å²) >= 11 is 0. The first-order chi connectivity index (χ1) is 11.8. The lowest BCUT2D eigenvalue weighted by atomic mass is 10.2. The molecule has 9 heteroatoms. The van der Waals surface area contributed by atoms with E-state index in [4.69, 9.17) is 4.74 Å². The van der Waals surface area contributed by atoms with Gasteiger partial charge in [-0.25, -0.2) is 14.6 Å². The number of pyridine rings is 1. The first kappa shape index (κ1) is 18.2. The Kier molecular flexibility index (Phi) is 5.58. The van der Waals surface area contributed by atoms with Crippen LogP contribution in [0.2, 0.25) is 0 Å². The van der Waals surface area contributed by atoms with Crippen LogP contribution >= 0.6 is 0 Å². The minimum absolute atomic E-state index is 0.109. The van der Waals surface area contributed by atoms with Crippen LogP contribution in [-0.4, -0.2) is 24.2 Å². The molecule has 0 spiro atoms. The molecular weight excluding hydrogens is 341 g/mol. The minimum Gasteiger partial charge on any atom is -0.464 e. The van der Waals surface area contributed by atoms with Crippen molar-refractivity contribution >= 4 is 17.7 Å². The van der Waals surface area contributed by atoms with Crippen LogP contribution in [0.5, 0.6) is 0 Å². The monoisotopic (exact) mass is 354 g/mol. The largest absolute Gasteiger partial charge is 0.464 e. The maximum Gasteiger partial charge on any atom is 0.435 e. The van der Waals surface area contributed by atoms with Gasteiger partial charge in [0.2, 0.25) is 0 Å². The first-order valence-electron chi connectivity index (χ1n) is 6.95. The highest BCUT2D eigenvalue weighted by Gasteiger charge is 2.37. The van der Waals surface area contributed by atoms with Crippen molar-refractivity contribution in [2.75, 3.05) is 12.4 Å². The van der Waals surface area contributed by atoms with Crippen LogP contribution in [0.1, 0.15) is 21.7 Å². The normalized spacial score (nSPS) is 10.9. The number of nitrogens with zero attached hydrogens (tertiary/aromatic N) is 1. The lowest BCUT2D eigenvalue weighted by molar-refractivity contribution is -0.140. The number of hydrogen-bond acceptors (Lipinski definition) is 5. The average molecular weight is 354 g/mol. The lowest BCUT2D eigenvalue weighted by Gasteiger charge is -2.14. The number of methoxy groups -OCH3 is 1. The van der Waals surface area contributed by atoms with Crippen molar-refractivity contribution in [1.29, 1.82) is 0 Å². The van der Waals surface area contributed by atoms with Crippen molar-refractivity contribution in [3.05, 3.63) is 59.4 Å². The number of ether oxygens (including phenoxy) is 2. The molecule has 2 rings (SSSR count). The van der Waals surface area contributed by atoms with Gasteiger partial charge in [0.15, 0.2) is 5.69 Å². The van der Waals surface area contributed by atoms with Crippen molar-refractivity contribution in [2.24, 2.45) is 0 Å². The molecule has 0 saturated heterocycles. The highest BCUT2D eigenvalue weighted by molar-refractivity contribution is 5.89. The van der Waals surface area contributed by atoms with Crippen LogP contribution in [-0.2, 0) is 22.3 Å². The summed E-state index contributed by atoms with van der Waals surface area (Å²) in [6.07, 6.45) is -5.96. The van der Waals surface area contributed by atoms with Gasteiger partial charge in [0.25, 0.3) is 0 Å². The van der Waals surface area contributed by atoms with Gasteiger partial charge in [-0.3, -0.25) is 5.32 Å². The number of hydrogen-bond donors (Lipinski definition) is 1. The number of esters is 1. The Morgan fingerprint density at radius 3 is 2.40 bits per heavy atom. The number of alkyl halides is 3. The van der Waals surface area contributed by atoms with E-state index in [1.165, 1.54) is 0 Å². The van der Waals surface area contributed by atoms with Gasteiger partial charge >= 0.3 is 18.2 Å². The fraction of sp³-hybridized carbons (Fsp3) is 0.188. The van der Waals surface area contributed by atoms with E-state index in [9.17, 15) is 22.8 Å². The number of carbonyl (C=O) groups is 2. The van der Waals surface area contributed by atoms with Crippen LogP contribution in [0, 0.1) is 0 Å². The SMILES string of the molecule is COC(=O)c1ccc(NC(=O)OCc2ccccc2)c(C(F)(F)F)n1. The van der Waals surface area contributed by atoms with Crippen molar-refractivity contribution in [1.82, 2.24) is 4.98 Å². The molecule has 0 atom stereocenters. The molecular formula is C16H13F3N2O4. The summed E-state index contributed by atoms with van der Waals surface area (Å²) in [5.41, 5.74) is -1.91. The topological polar surface area (TPSA) is 77.5 Å². The van der Waals surface area contributed by atoms with E-state index in [1.807, 2.05) is 5.32 Å². The van der Waals surface area contributed by atoms with Crippen LogP contribution in [0.3, 0.4) is 0 Å². The van der Waals surface area contributed by atoms with Crippen LogP contribution in [0.15, 0.2) is 42.5 Å². The maximum absolute atomic E-state index is 13.1. The molecule has 0 radical (unpaired) electrons. The molecule has 1 amide bonds. The standard InChI is InChI=1S/C16H13F3N2O4/c1-24-14(22)12-8-7-11(13(20-12)16(17,18)19)21-15(23)25-9-10-5-3-2-4-6-10/h2-8H,9H2,1H3,(H,21,23). The van der Waals surface area contributed by atoms with Crippen LogP contribution in [0.4, 0.5) is 23.7 Å². The number of halogens is 3. The highest BCUT2D eigenvalue weighted by atomic mass is 19.4. The molecule has 1 aromatic carbocycles. The molecule has 0 aliphatic carbocycles. The molecule has 0 bridgehead atoms. The molecule has 0 aliphatic heterocycles. The van der Waals surface area contributed by atoms with E-state index in [2.05, 4.69) is 9.72 Å². The molecule has 0 saturated carbocycles. The van der Waals surface area contributed by atoms with Gasteiger partial charge in [-0.2, -0.15) is 13.2 Å². The molecule has 1 heterocycles. The van der Waals surface area contributed by atoms with Crippen molar-refractivity contribution in [3.63, 3.8) is 0 Å². The summed E-state index contributed by atoms with van der Waals surface area (Å²) in [7, 11) is 1.02. The summed E-state index contributed by atoms with van der Waals surface area (Å²) in [5.74, 6) is -1.02. The average Bonchev–Trinajstić information content (AvgIpc) is 2.59. The third-order valence-corrected chi connectivity index (χ3v) is 3.01. The van der Waals surface area contributed by atoms with E-state index in [0.717, 1.165) is 19.2 Å². The molecule has 0 unspecified atom stereocenters. The number of carbonyl (C=O) groups excluding carboxylic acids is 2. The summed E-state index contributed by atoms with van der Waals surface area (Å²) in [5, 5.41) is 1.98. The molecule has 1 aromatic heterocycles. The Morgan fingerprint density at radius 1 is 1.12 bits per heavy atom. The predicted molar refractivity (Wildman–Crippen MR) is 80.8 cm³/mol. The molecule has 2 aromatic rings. The number of nitrogens with one attached hydrogen (secondary N) is 1. The van der Waals surface area contributed by atoms with Gasteiger partial charge in [0.1, 0.15) is 12.3 Å². The molecule has 1 N–H and O–H groups in total. The van der Waals surface area contributed by atoms with Gasteiger partial charge in [0.05, 0.1) is 12.8 Å². The lowest BCUT2D eigenvalue weighted by Crippen LogP contribution is -2.20. The summed E-state index contributed by atoms with van der Waals surface area (Å²) < 4.78 is 48.5. The molecule has 6 nitrogen and oxygen atoms in total. The molecule has 132 valence electrons. The summed E-state index contributed by atoms with van der Waals surface area (Å²) in [6.45, 7) is -0.109. The minimum atomic E-state index is -4.88. The zero-order valence-electron chi connectivity index (χ0n) is 13.0. The van der Waals surface area contributed by atoms with E-state index < -0.39 is 35.3 Å². The number of benzene rings is 1. The Hall–Kier alpha value is -3.10. The smallest absolute Gasteiger partial charge is 0.435 e. The van der Waals surface area contributed by atoms with Gasteiger partial charge in [-0.15, -0.1) is 0 Å². The first-order valence-corrected chi connectivity index (χ1v) is 6.95. The van der Waals surface area contributed by atoms with Crippen molar-refractivity contribution in [2.45, 2.75) is 12.8 Å². The second-order valence-corrected chi connectivity index (χ2v) is 4.77. The quantitative estimate of drug-likeness (QED) is 0.849. The maximum atomic E-state index is 13.1. The number of amides is 1. The van der Waals surface area contributed by atoms with Crippen LogP contribution < -0.4 is 5.32 Å². The Balaban J connectivity index is 2.14. The Bertz CT molecular complexity index is 764. The third-order valence-electron chi connectivity index (χ3n) is 3.01. The highest BCUT2D eigenvalue weighted by Crippen LogP contribution is 2.33.